The molecule has 0 saturated carbocycles. The van der Waals surface area contributed by atoms with Gasteiger partial charge in [0.25, 0.3) is 11.5 Å². The van der Waals surface area contributed by atoms with Crippen molar-refractivity contribution >= 4 is 46.5 Å². The minimum atomic E-state index is -0.684. The van der Waals surface area contributed by atoms with E-state index in [1.165, 1.54) is 11.3 Å². The lowest BCUT2D eigenvalue weighted by atomic mass is 9.94. The summed E-state index contributed by atoms with van der Waals surface area (Å²) in [5.74, 6) is 0.457. The Bertz CT molecular complexity index is 1910. The summed E-state index contributed by atoms with van der Waals surface area (Å²) in [7, 11) is 1.59. The average Bonchev–Trinajstić information content (AvgIpc) is 3.43. The highest BCUT2D eigenvalue weighted by molar-refractivity contribution is 7.07. The molecule has 3 heterocycles. The fourth-order valence-electron chi connectivity index (χ4n) is 5.56. The van der Waals surface area contributed by atoms with Gasteiger partial charge in [-0.1, -0.05) is 52.7 Å². The molecule has 4 aromatic rings. The fourth-order valence-corrected chi connectivity index (χ4v) is 6.89. The normalized spacial score (nSPS) is 15.0. The first-order valence-corrected chi connectivity index (χ1v) is 15.3. The number of likely N-dealkylation sites (N-methyl/N-ethyl adjacent to an activating group) is 1. The highest BCUT2D eigenvalue weighted by Gasteiger charge is 2.35. The van der Waals surface area contributed by atoms with E-state index in [0.717, 1.165) is 28.2 Å². The van der Waals surface area contributed by atoms with Crippen molar-refractivity contribution < 1.29 is 9.53 Å². The van der Waals surface area contributed by atoms with Gasteiger partial charge in [-0.2, -0.15) is 0 Å². The topological polar surface area (TPSA) is 68.8 Å². The van der Waals surface area contributed by atoms with Crippen molar-refractivity contribution in [2.75, 3.05) is 20.2 Å². The zero-order valence-electron chi connectivity index (χ0n) is 24.4. The van der Waals surface area contributed by atoms with Crippen LogP contribution < -0.4 is 19.6 Å². The van der Waals surface area contributed by atoms with Crippen molar-refractivity contribution in [2.45, 2.75) is 40.7 Å². The van der Waals surface area contributed by atoms with Crippen molar-refractivity contribution in [2.24, 2.45) is 4.99 Å². The third-order valence-electron chi connectivity index (χ3n) is 7.65. The van der Waals surface area contributed by atoms with Crippen LogP contribution in [0.3, 0.4) is 0 Å². The number of methoxy groups -OCH3 is 1. The molecule has 2 aromatic carbocycles. The van der Waals surface area contributed by atoms with E-state index in [4.69, 9.17) is 32.9 Å². The zero-order chi connectivity index (χ0) is 30.3. The molecule has 0 bridgehead atoms. The molecular weight excluding hydrogens is 591 g/mol. The van der Waals surface area contributed by atoms with Crippen molar-refractivity contribution in [3.05, 3.63) is 112 Å². The minimum absolute atomic E-state index is 0.142. The van der Waals surface area contributed by atoms with Crippen LogP contribution in [0.5, 0.6) is 5.75 Å². The Morgan fingerprint density at radius 1 is 1.07 bits per heavy atom. The van der Waals surface area contributed by atoms with Gasteiger partial charge in [0.15, 0.2) is 4.80 Å². The summed E-state index contributed by atoms with van der Waals surface area (Å²) >= 11 is 13.8. The van der Waals surface area contributed by atoms with E-state index in [1.807, 2.05) is 83.2 Å². The van der Waals surface area contributed by atoms with Crippen LogP contribution >= 0.6 is 34.5 Å². The smallest absolute Gasteiger partial charge is 0.271 e. The van der Waals surface area contributed by atoms with Crippen molar-refractivity contribution in [1.82, 2.24) is 14.0 Å². The molecule has 0 saturated heterocycles. The molecule has 1 aliphatic heterocycles. The molecule has 0 fully saturated rings. The lowest BCUT2D eigenvalue weighted by Gasteiger charge is -2.29. The van der Waals surface area contributed by atoms with E-state index in [1.54, 1.807) is 22.6 Å². The van der Waals surface area contributed by atoms with Crippen LogP contribution in [-0.2, 0) is 4.79 Å². The highest BCUT2D eigenvalue weighted by Crippen LogP contribution is 2.36. The number of hydrogen-bond donors (Lipinski definition) is 0. The van der Waals surface area contributed by atoms with Gasteiger partial charge in [-0.25, -0.2) is 4.99 Å². The Hall–Kier alpha value is -3.59. The van der Waals surface area contributed by atoms with Crippen LogP contribution in [0.15, 0.2) is 69.6 Å². The second-order valence-electron chi connectivity index (χ2n) is 10.1. The van der Waals surface area contributed by atoms with Crippen LogP contribution in [0, 0.1) is 13.8 Å². The van der Waals surface area contributed by atoms with E-state index in [0.29, 0.717) is 49.5 Å². The average molecular weight is 624 g/mol. The number of amides is 1. The van der Waals surface area contributed by atoms with Crippen molar-refractivity contribution in [3.63, 3.8) is 0 Å². The lowest BCUT2D eigenvalue weighted by molar-refractivity contribution is -0.127. The van der Waals surface area contributed by atoms with E-state index in [2.05, 4.69) is 4.57 Å². The summed E-state index contributed by atoms with van der Waals surface area (Å²) in [6.45, 7) is 10.8. The van der Waals surface area contributed by atoms with Gasteiger partial charge in [0.1, 0.15) is 11.8 Å². The molecule has 1 atom stereocenters. The summed E-state index contributed by atoms with van der Waals surface area (Å²) in [6.07, 6.45) is 1.89. The largest absolute Gasteiger partial charge is 0.496 e. The summed E-state index contributed by atoms with van der Waals surface area (Å²) < 4.78 is 9.94. The summed E-state index contributed by atoms with van der Waals surface area (Å²) in [5.41, 5.74) is 5.29. The molecule has 0 unspecified atom stereocenters. The quantitative estimate of drug-likeness (QED) is 0.260. The zero-order valence-corrected chi connectivity index (χ0v) is 26.7. The Labute approximate surface area is 258 Å². The number of para-hydroxylation sites is 1. The molecule has 10 heteroatoms. The van der Waals surface area contributed by atoms with Gasteiger partial charge in [0, 0.05) is 35.7 Å². The van der Waals surface area contributed by atoms with Crippen LogP contribution in [0.1, 0.15) is 49.3 Å². The van der Waals surface area contributed by atoms with Gasteiger partial charge < -0.3 is 14.2 Å². The molecule has 0 spiro atoms. The molecule has 218 valence electrons. The highest BCUT2D eigenvalue weighted by atomic mass is 35.5. The SMILES string of the molecule is CCN(CC)C(=O)C1=C(C)N=c2s/c(=C/c3cc(C)n(-c4ccc(Cl)c(Cl)c4)c3C)c(=O)n2[C@@H]1c1ccccc1OC. The van der Waals surface area contributed by atoms with E-state index in [9.17, 15) is 9.59 Å². The second kappa shape index (κ2) is 12.0. The molecule has 42 heavy (non-hydrogen) atoms. The first kappa shape index (κ1) is 29.9. The molecule has 0 N–H and O–H groups in total. The maximum atomic E-state index is 14.2. The number of thiazole rings is 1. The van der Waals surface area contributed by atoms with Gasteiger partial charge in [-0.05, 0) is 76.6 Å². The van der Waals surface area contributed by atoms with Gasteiger partial charge in [0.05, 0.1) is 33.0 Å². The first-order chi connectivity index (χ1) is 20.1. The molecule has 0 radical (unpaired) electrons. The Morgan fingerprint density at radius 2 is 1.79 bits per heavy atom. The Balaban J connectivity index is 1.72. The first-order valence-electron chi connectivity index (χ1n) is 13.7. The number of hydrogen-bond acceptors (Lipinski definition) is 5. The molecule has 5 rings (SSSR count). The fraction of sp³-hybridized carbons (Fsp3) is 0.281. The predicted octanol–water partition coefficient (Wildman–Crippen LogP) is 5.83. The number of carbonyl (C=O) groups excluding carboxylic acids is 1. The summed E-state index contributed by atoms with van der Waals surface area (Å²) in [6, 6.07) is 14.4. The van der Waals surface area contributed by atoms with Crippen LogP contribution in [0.4, 0.5) is 0 Å². The number of aryl methyl sites for hydroxylation is 1. The number of ether oxygens (including phenoxy) is 1. The number of fused-ring (bicyclic) bond motifs is 1. The number of rotatable bonds is 7. The summed E-state index contributed by atoms with van der Waals surface area (Å²) in [4.78, 5) is 35.1. The number of benzene rings is 2. The number of halogens is 2. The maximum Gasteiger partial charge on any atom is 0.271 e. The van der Waals surface area contributed by atoms with Crippen molar-refractivity contribution in [1.29, 1.82) is 0 Å². The van der Waals surface area contributed by atoms with Gasteiger partial charge >= 0.3 is 0 Å². The monoisotopic (exact) mass is 622 g/mol. The van der Waals surface area contributed by atoms with Crippen LogP contribution in [0.25, 0.3) is 11.8 Å². The van der Waals surface area contributed by atoms with Gasteiger partial charge in [0.2, 0.25) is 0 Å². The predicted molar refractivity (Wildman–Crippen MR) is 170 cm³/mol. The van der Waals surface area contributed by atoms with Crippen LogP contribution in [-0.4, -0.2) is 40.1 Å². The molecule has 1 aliphatic rings. The molecule has 1 amide bonds. The molecule has 7 nitrogen and oxygen atoms in total. The van der Waals surface area contributed by atoms with E-state index in [-0.39, 0.29) is 11.5 Å². The minimum Gasteiger partial charge on any atom is -0.496 e. The summed E-state index contributed by atoms with van der Waals surface area (Å²) in [5, 5.41) is 0.959. The number of nitrogens with zero attached hydrogens (tertiary/aromatic N) is 4. The van der Waals surface area contributed by atoms with Crippen molar-refractivity contribution in [3.8, 4) is 11.4 Å². The lowest BCUT2D eigenvalue weighted by Crippen LogP contribution is -2.43. The molecular formula is C32H32Cl2N4O3S. The second-order valence-corrected chi connectivity index (χ2v) is 11.9. The number of aromatic nitrogens is 2. The van der Waals surface area contributed by atoms with Crippen LogP contribution in [0.2, 0.25) is 10.0 Å². The van der Waals surface area contributed by atoms with E-state index < -0.39 is 6.04 Å². The maximum absolute atomic E-state index is 14.2. The standard InChI is InChI=1S/C32H32Cl2N4O3S/c1-7-36(8-2)31(40)28-19(4)35-32-38(29(28)23-11-9-10-12-26(23)41-6)30(39)27(42-32)16-21-15-18(3)37(20(21)5)22-13-14-24(33)25(34)17-22/h9-17,29H,7-8H2,1-6H3/b27-16+/t29-/m1/s1. The third kappa shape index (κ3) is 5.12. The number of allylic oxidation sites excluding steroid dienone is 1. The number of carbonyl (C=O) groups is 1. The Morgan fingerprint density at radius 3 is 2.45 bits per heavy atom. The molecule has 2 aromatic heterocycles. The van der Waals surface area contributed by atoms with E-state index >= 15 is 0 Å². The van der Waals surface area contributed by atoms with Gasteiger partial charge in [-0.15, -0.1) is 0 Å². The molecule has 0 aliphatic carbocycles. The third-order valence-corrected chi connectivity index (χ3v) is 9.38. The van der Waals surface area contributed by atoms with Gasteiger partial charge in [-0.3, -0.25) is 14.2 Å². The Kier molecular flexibility index (Phi) is 8.51.